The number of hydrogen-bond donors (Lipinski definition) is 0. The monoisotopic (exact) mass is 754 g/mol. The third kappa shape index (κ3) is 8.75. The smallest absolute Gasteiger partial charge is 0.748 e. The number of fused-ring (bicyclic) bond motifs is 6. The standard InChI is InChI=1S/C39H44N2O6S2.2CH4.Na/c1-38(2)34(40(24-9-11-26-48(42,43)44)32-22-20-28-14-5-7-16-30(28)36(32)38)18-13-19-35-39(3,4)37-31-17-8-6-15-29(31)21-23-33(37)41(35)25-10-12-27-49(45,46)47;;;/h5-8,13-23H,9-12,24-27H2,1-4H3,(H-,42,43,44,45,46,47);2*1H4;/q;;;+1/p-1. The van der Waals surface area contributed by atoms with Gasteiger partial charge in [0.15, 0.2) is 5.71 Å². The average molecular weight is 755 g/mol. The Morgan fingerprint density at radius 2 is 1.23 bits per heavy atom. The summed E-state index contributed by atoms with van der Waals surface area (Å²) in [5, 5.41) is 4.64. The van der Waals surface area contributed by atoms with Crippen molar-refractivity contribution in [1.82, 2.24) is 0 Å². The third-order valence-corrected chi connectivity index (χ3v) is 11.6. The topological polar surface area (TPSA) is 121 Å². The van der Waals surface area contributed by atoms with Gasteiger partial charge in [0, 0.05) is 59.0 Å². The van der Waals surface area contributed by atoms with Crippen LogP contribution in [0.2, 0.25) is 0 Å². The molecule has 2 aliphatic heterocycles. The average Bonchev–Trinajstić information content (AvgIpc) is 3.39. The van der Waals surface area contributed by atoms with Crippen LogP contribution in [-0.2, 0) is 31.1 Å². The van der Waals surface area contributed by atoms with E-state index in [4.69, 9.17) is 0 Å². The minimum Gasteiger partial charge on any atom is -0.748 e. The second-order valence-electron chi connectivity index (χ2n) is 14.1. The van der Waals surface area contributed by atoms with Crippen molar-refractivity contribution in [2.45, 2.75) is 79.1 Å². The molecule has 0 saturated carbocycles. The summed E-state index contributed by atoms with van der Waals surface area (Å²) < 4.78 is 70.2. The zero-order valence-electron chi connectivity index (χ0n) is 29.5. The molecule has 2 aliphatic rings. The molecule has 0 amide bonds. The molecule has 0 bridgehead atoms. The first kappa shape index (κ1) is 43.6. The molecule has 6 rings (SSSR count). The van der Waals surface area contributed by atoms with Crippen LogP contribution in [0.5, 0.6) is 0 Å². The van der Waals surface area contributed by atoms with Gasteiger partial charge in [-0.1, -0.05) is 89.4 Å². The summed E-state index contributed by atoms with van der Waals surface area (Å²) in [6.45, 7) is 9.99. The molecule has 4 aromatic rings. The Morgan fingerprint density at radius 1 is 0.692 bits per heavy atom. The van der Waals surface area contributed by atoms with Gasteiger partial charge in [-0.2, -0.15) is 4.58 Å². The van der Waals surface area contributed by atoms with Gasteiger partial charge in [0.05, 0.1) is 25.7 Å². The zero-order valence-corrected chi connectivity index (χ0v) is 33.1. The van der Waals surface area contributed by atoms with Crippen molar-refractivity contribution in [3.63, 3.8) is 0 Å². The Hall–Kier alpha value is -2.83. The van der Waals surface area contributed by atoms with E-state index in [0.717, 1.165) is 33.6 Å². The number of rotatable bonds is 12. The quantitative estimate of drug-likeness (QED) is 0.0807. The fourth-order valence-electron chi connectivity index (χ4n) is 7.88. The Morgan fingerprint density at radius 3 is 1.83 bits per heavy atom. The maximum absolute atomic E-state index is 11.3. The van der Waals surface area contributed by atoms with E-state index >= 15 is 0 Å². The summed E-state index contributed by atoms with van der Waals surface area (Å²) in [6.07, 6.45) is 8.04. The second kappa shape index (κ2) is 16.7. The van der Waals surface area contributed by atoms with E-state index in [-0.39, 0.29) is 79.6 Å². The molecule has 4 aromatic carbocycles. The van der Waals surface area contributed by atoms with E-state index in [9.17, 15) is 25.9 Å². The molecule has 274 valence electrons. The molecule has 0 saturated heterocycles. The van der Waals surface area contributed by atoms with Crippen molar-refractivity contribution in [1.29, 1.82) is 0 Å². The van der Waals surface area contributed by atoms with Crippen LogP contribution in [0, 0.1) is 0 Å². The molecule has 0 unspecified atom stereocenters. The van der Waals surface area contributed by atoms with E-state index in [1.54, 1.807) is 0 Å². The number of hydrogen-bond acceptors (Lipinski definition) is 7. The molecule has 0 aromatic heterocycles. The molecule has 52 heavy (non-hydrogen) atoms. The molecular formula is C41H51N2NaO6S2. The summed E-state index contributed by atoms with van der Waals surface area (Å²) in [6, 6.07) is 25.2. The summed E-state index contributed by atoms with van der Waals surface area (Å²) >= 11 is 0. The number of nitrogens with zero attached hydrogens (tertiary/aromatic N) is 2. The van der Waals surface area contributed by atoms with Crippen LogP contribution in [0.1, 0.15) is 79.4 Å². The maximum Gasteiger partial charge on any atom is 1.00 e. The van der Waals surface area contributed by atoms with Gasteiger partial charge in [0.2, 0.25) is 5.69 Å². The number of benzene rings is 4. The van der Waals surface area contributed by atoms with E-state index in [2.05, 4.69) is 104 Å². The summed E-state index contributed by atoms with van der Waals surface area (Å²) in [4.78, 5) is 2.26. The summed E-state index contributed by atoms with van der Waals surface area (Å²) in [5.74, 6) is -0.764. The molecule has 0 atom stereocenters. The Kier molecular flexibility index (Phi) is 14.0. The second-order valence-corrected chi connectivity index (χ2v) is 17.2. The van der Waals surface area contributed by atoms with Gasteiger partial charge >= 0.3 is 29.6 Å². The molecule has 0 aliphatic carbocycles. The normalized spacial score (nSPS) is 16.9. The van der Waals surface area contributed by atoms with Crippen LogP contribution in [0.3, 0.4) is 0 Å². The fourth-order valence-corrected chi connectivity index (χ4v) is 9.00. The predicted molar refractivity (Wildman–Crippen MR) is 209 cm³/mol. The van der Waals surface area contributed by atoms with Gasteiger partial charge in [0.25, 0.3) is 0 Å². The first-order valence-corrected chi connectivity index (χ1v) is 20.0. The molecule has 0 spiro atoms. The van der Waals surface area contributed by atoms with E-state index in [1.807, 2.05) is 24.3 Å². The fraction of sp³-hybridized carbons (Fsp3) is 0.390. The third-order valence-electron chi connectivity index (χ3n) is 10.1. The van der Waals surface area contributed by atoms with Gasteiger partial charge in [-0.3, -0.25) is 0 Å². The Labute approximate surface area is 333 Å². The van der Waals surface area contributed by atoms with Crippen LogP contribution < -0.4 is 34.5 Å². The SMILES string of the molecule is C.C.CC1(C)C(=CC=CC2=[N+](CCCCS(=O)(=O)[O-])c3ccc4ccccc4c3C2(C)C)N(CCCCS(=O)(=O)[O-])c2ccc3ccccc3c21.[Na+]. The molecule has 0 radical (unpaired) electrons. The van der Waals surface area contributed by atoms with E-state index in [0.29, 0.717) is 25.9 Å². The maximum atomic E-state index is 11.3. The van der Waals surface area contributed by atoms with Crippen molar-refractivity contribution in [2.24, 2.45) is 0 Å². The van der Waals surface area contributed by atoms with Crippen LogP contribution in [0.15, 0.2) is 96.7 Å². The van der Waals surface area contributed by atoms with Crippen molar-refractivity contribution < 1.29 is 60.1 Å². The number of unbranched alkanes of at least 4 members (excludes halogenated alkanes) is 2. The summed E-state index contributed by atoms with van der Waals surface area (Å²) in [5.41, 5.74) is 5.99. The molecule has 0 N–H and O–H groups in total. The van der Waals surface area contributed by atoms with Crippen molar-refractivity contribution in [3.8, 4) is 0 Å². The van der Waals surface area contributed by atoms with Crippen molar-refractivity contribution in [3.05, 3.63) is 108 Å². The van der Waals surface area contributed by atoms with E-state index in [1.165, 1.54) is 21.9 Å². The Balaban J connectivity index is 0.00000243. The largest absolute Gasteiger partial charge is 1.00 e. The van der Waals surface area contributed by atoms with Gasteiger partial charge in [0.1, 0.15) is 6.54 Å². The van der Waals surface area contributed by atoms with Crippen molar-refractivity contribution in [2.75, 3.05) is 29.5 Å². The molecule has 11 heteroatoms. The number of anilines is 1. The number of allylic oxidation sites excluding steroid dienone is 4. The van der Waals surface area contributed by atoms with Gasteiger partial charge < -0.3 is 14.0 Å². The molecule has 8 nitrogen and oxygen atoms in total. The summed E-state index contributed by atoms with van der Waals surface area (Å²) in [7, 11) is -8.57. The molecule has 0 fully saturated rings. The minimum absolute atomic E-state index is 0. The minimum atomic E-state index is -4.29. The van der Waals surface area contributed by atoms with Crippen LogP contribution >= 0.6 is 0 Å². The van der Waals surface area contributed by atoms with Crippen molar-refractivity contribution >= 4 is 58.9 Å². The molecule has 2 heterocycles. The van der Waals surface area contributed by atoms with Gasteiger partial charge in [-0.15, -0.1) is 0 Å². The first-order chi connectivity index (χ1) is 23.1. The predicted octanol–water partition coefficient (Wildman–Crippen LogP) is 5.53. The first-order valence-electron chi connectivity index (χ1n) is 16.8. The Bertz CT molecular complexity index is 2260. The van der Waals surface area contributed by atoms with E-state index < -0.39 is 20.2 Å². The van der Waals surface area contributed by atoms with Crippen LogP contribution in [-0.4, -0.2) is 60.8 Å². The van der Waals surface area contributed by atoms with Gasteiger partial charge in [-0.25, -0.2) is 16.8 Å². The van der Waals surface area contributed by atoms with Crippen LogP contribution in [0.4, 0.5) is 11.4 Å². The van der Waals surface area contributed by atoms with Gasteiger partial charge in [-0.05, 0) is 78.4 Å². The van der Waals surface area contributed by atoms with Crippen LogP contribution in [0.25, 0.3) is 21.5 Å². The molecular weight excluding hydrogens is 704 g/mol. The zero-order chi connectivity index (χ0) is 35.2.